The Bertz CT molecular complexity index is 638. The number of hydrogen-bond donors (Lipinski definition) is 1. The van der Waals surface area contributed by atoms with E-state index in [9.17, 15) is 9.59 Å². The Labute approximate surface area is 138 Å². The molecule has 1 aromatic carbocycles. The van der Waals surface area contributed by atoms with E-state index in [1.807, 2.05) is 42.5 Å². The normalized spacial score (nSPS) is 16.9. The lowest BCUT2D eigenvalue weighted by molar-refractivity contribution is -0.137. The molecule has 1 saturated heterocycles. The molecule has 22 heavy (non-hydrogen) atoms. The summed E-state index contributed by atoms with van der Waals surface area (Å²) in [5.41, 5.74) is 1.05. The fraction of sp³-hybridized carbons (Fsp3) is 0.188. The van der Waals surface area contributed by atoms with Crippen LogP contribution >= 0.6 is 24.0 Å². The topological polar surface area (TPSA) is 57.6 Å². The number of carboxylic acid groups (broad SMARTS) is 1. The SMILES string of the molecule is O=C(O)CCCN1C(=O)C(=CC=Cc2ccccc2)SC1=S. The van der Waals surface area contributed by atoms with Crippen LogP contribution in [0.25, 0.3) is 6.08 Å². The summed E-state index contributed by atoms with van der Waals surface area (Å²) in [6.45, 7) is 0.344. The maximum Gasteiger partial charge on any atom is 0.303 e. The van der Waals surface area contributed by atoms with Crippen molar-refractivity contribution in [3.05, 3.63) is 53.0 Å². The monoisotopic (exact) mass is 333 g/mol. The van der Waals surface area contributed by atoms with Gasteiger partial charge in [-0.15, -0.1) is 0 Å². The van der Waals surface area contributed by atoms with Crippen LogP contribution in [0.2, 0.25) is 0 Å². The Kier molecular flexibility index (Phi) is 5.91. The maximum atomic E-state index is 12.2. The van der Waals surface area contributed by atoms with Crippen molar-refractivity contribution in [1.82, 2.24) is 4.90 Å². The first-order valence-electron chi connectivity index (χ1n) is 6.77. The molecule has 1 aliphatic rings. The highest BCUT2D eigenvalue weighted by molar-refractivity contribution is 8.26. The number of thiocarbonyl (C=S) groups is 1. The molecule has 1 aliphatic heterocycles. The molecule has 0 spiro atoms. The van der Waals surface area contributed by atoms with Crippen LogP contribution in [0, 0.1) is 0 Å². The lowest BCUT2D eigenvalue weighted by atomic mass is 10.2. The van der Waals surface area contributed by atoms with Gasteiger partial charge < -0.3 is 5.11 Å². The van der Waals surface area contributed by atoms with E-state index >= 15 is 0 Å². The van der Waals surface area contributed by atoms with Crippen LogP contribution in [0.15, 0.2) is 47.4 Å². The van der Waals surface area contributed by atoms with E-state index in [0.29, 0.717) is 22.2 Å². The van der Waals surface area contributed by atoms with Gasteiger partial charge in [-0.25, -0.2) is 0 Å². The average molecular weight is 333 g/mol. The predicted octanol–water partition coefficient (Wildman–Crippen LogP) is 3.31. The molecule has 1 aromatic rings. The number of carbonyl (C=O) groups excluding carboxylic acids is 1. The second kappa shape index (κ2) is 7.91. The molecule has 0 aromatic heterocycles. The summed E-state index contributed by atoms with van der Waals surface area (Å²) in [7, 11) is 0. The van der Waals surface area contributed by atoms with Crippen molar-refractivity contribution in [2.75, 3.05) is 6.54 Å². The zero-order chi connectivity index (χ0) is 15.9. The molecule has 6 heteroatoms. The quantitative estimate of drug-likeness (QED) is 0.639. The first-order chi connectivity index (χ1) is 10.6. The summed E-state index contributed by atoms with van der Waals surface area (Å²) in [6, 6.07) is 9.78. The van der Waals surface area contributed by atoms with Gasteiger partial charge in [-0.1, -0.05) is 66.5 Å². The van der Waals surface area contributed by atoms with E-state index in [-0.39, 0.29) is 12.3 Å². The Morgan fingerprint density at radius 1 is 1.32 bits per heavy atom. The van der Waals surface area contributed by atoms with E-state index in [1.165, 1.54) is 16.7 Å². The Morgan fingerprint density at radius 2 is 2.05 bits per heavy atom. The van der Waals surface area contributed by atoms with Crippen LogP contribution in [0.4, 0.5) is 0 Å². The molecule has 4 nitrogen and oxygen atoms in total. The third-order valence-electron chi connectivity index (χ3n) is 2.98. The average Bonchev–Trinajstić information content (AvgIpc) is 2.76. The van der Waals surface area contributed by atoms with Gasteiger partial charge >= 0.3 is 5.97 Å². The molecule has 1 heterocycles. The number of thioether (sulfide) groups is 1. The number of benzene rings is 1. The number of hydrogen-bond acceptors (Lipinski definition) is 4. The van der Waals surface area contributed by atoms with Gasteiger partial charge in [0.2, 0.25) is 0 Å². The van der Waals surface area contributed by atoms with Gasteiger partial charge in [-0.3, -0.25) is 14.5 Å². The molecule has 1 amide bonds. The number of allylic oxidation sites excluding steroid dienone is 2. The Morgan fingerprint density at radius 3 is 2.73 bits per heavy atom. The van der Waals surface area contributed by atoms with Crippen molar-refractivity contribution < 1.29 is 14.7 Å². The molecular weight excluding hydrogens is 318 g/mol. The number of amides is 1. The van der Waals surface area contributed by atoms with E-state index in [1.54, 1.807) is 6.08 Å². The van der Waals surface area contributed by atoms with E-state index < -0.39 is 5.97 Å². The van der Waals surface area contributed by atoms with Crippen LogP contribution in [-0.4, -0.2) is 32.7 Å². The molecule has 1 fully saturated rings. The Balaban J connectivity index is 1.97. The summed E-state index contributed by atoms with van der Waals surface area (Å²) in [5, 5.41) is 8.63. The Hall–Kier alpha value is -1.92. The minimum Gasteiger partial charge on any atom is -0.481 e. The fourth-order valence-electron chi connectivity index (χ4n) is 1.91. The second-order valence-electron chi connectivity index (χ2n) is 4.62. The van der Waals surface area contributed by atoms with Crippen molar-refractivity contribution in [3.8, 4) is 0 Å². The molecule has 0 unspecified atom stereocenters. The molecule has 0 radical (unpaired) electrons. The van der Waals surface area contributed by atoms with Gasteiger partial charge in [0.15, 0.2) is 0 Å². The van der Waals surface area contributed by atoms with Crippen LogP contribution in [0.1, 0.15) is 18.4 Å². The first-order valence-corrected chi connectivity index (χ1v) is 7.99. The largest absolute Gasteiger partial charge is 0.481 e. The highest BCUT2D eigenvalue weighted by atomic mass is 32.2. The standard InChI is InChI=1S/C16H15NO3S2/c18-14(19)10-5-11-17-15(20)13(22-16(17)21)9-4-8-12-6-2-1-3-7-12/h1-4,6-9H,5,10-11H2,(H,18,19). The molecular formula is C16H15NO3S2. The van der Waals surface area contributed by atoms with Crippen LogP contribution in [-0.2, 0) is 9.59 Å². The molecule has 0 atom stereocenters. The summed E-state index contributed by atoms with van der Waals surface area (Å²) in [4.78, 5) is 24.7. The molecule has 2 rings (SSSR count). The lowest BCUT2D eigenvalue weighted by Crippen LogP contribution is -2.29. The van der Waals surface area contributed by atoms with Gasteiger partial charge in [0.1, 0.15) is 4.32 Å². The summed E-state index contributed by atoms with van der Waals surface area (Å²) < 4.78 is 0.481. The van der Waals surface area contributed by atoms with Gasteiger partial charge in [0, 0.05) is 13.0 Å². The van der Waals surface area contributed by atoms with E-state index in [4.69, 9.17) is 17.3 Å². The number of carbonyl (C=O) groups is 2. The predicted molar refractivity (Wildman–Crippen MR) is 92.3 cm³/mol. The number of rotatable bonds is 6. The van der Waals surface area contributed by atoms with E-state index in [0.717, 1.165) is 5.56 Å². The summed E-state index contributed by atoms with van der Waals surface area (Å²) >= 11 is 6.42. The lowest BCUT2D eigenvalue weighted by Gasteiger charge is -2.12. The third-order valence-corrected chi connectivity index (χ3v) is 4.38. The second-order valence-corrected chi connectivity index (χ2v) is 6.30. The van der Waals surface area contributed by atoms with Gasteiger partial charge in [-0.05, 0) is 18.1 Å². The van der Waals surface area contributed by atoms with Gasteiger partial charge in [0.25, 0.3) is 5.91 Å². The molecule has 1 N–H and O–H groups in total. The maximum absolute atomic E-state index is 12.2. The van der Waals surface area contributed by atoms with Crippen LogP contribution in [0.5, 0.6) is 0 Å². The van der Waals surface area contributed by atoms with Crippen molar-refractivity contribution in [1.29, 1.82) is 0 Å². The minimum atomic E-state index is -0.869. The summed E-state index contributed by atoms with van der Waals surface area (Å²) in [5.74, 6) is -1.02. The minimum absolute atomic E-state index is 0.0318. The van der Waals surface area contributed by atoms with Gasteiger partial charge in [0.05, 0.1) is 4.91 Å². The van der Waals surface area contributed by atoms with Crippen molar-refractivity contribution in [2.24, 2.45) is 0 Å². The number of carboxylic acids is 1. The molecule has 0 bridgehead atoms. The van der Waals surface area contributed by atoms with Crippen LogP contribution in [0.3, 0.4) is 0 Å². The molecule has 0 saturated carbocycles. The molecule has 0 aliphatic carbocycles. The number of nitrogens with zero attached hydrogens (tertiary/aromatic N) is 1. The van der Waals surface area contributed by atoms with Crippen molar-refractivity contribution in [3.63, 3.8) is 0 Å². The zero-order valence-electron chi connectivity index (χ0n) is 11.8. The van der Waals surface area contributed by atoms with Crippen molar-refractivity contribution in [2.45, 2.75) is 12.8 Å². The summed E-state index contributed by atoms with van der Waals surface area (Å²) in [6.07, 6.45) is 5.90. The fourth-order valence-corrected chi connectivity index (χ4v) is 3.17. The van der Waals surface area contributed by atoms with Gasteiger partial charge in [-0.2, -0.15) is 0 Å². The number of aliphatic carboxylic acids is 1. The molecule has 114 valence electrons. The van der Waals surface area contributed by atoms with Crippen LogP contribution < -0.4 is 0 Å². The smallest absolute Gasteiger partial charge is 0.303 e. The first kappa shape index (κ1) is 16.5. The highest BCUT2D eigenvalue weighted by Crippen LogP contribution is 2.31. The zero-order valence-corrected chi connectivity index (χ0v) is 13.4. The third kappa shape index (κ3) is 4.54. The highest BCUT2D eigenvalue weighted by Gasteiger charge is 2.31. The van der Waals surface area contributed by atoms with Crippen molar-refractivity contribution >= 4 is 46.3 Å². The van der Waals surface area contributed by atoms with E-state index in [2.05, 4.69) is 0 Å².